The van der Waals surface area contributed by atoms with Gasteiger partial charge < -0.3 is 19.9 Å². The van der Waals surface area contributed by atoms with Gasteiger partial charge in [-0.05, 0) is 50.1 Å². The van der Waals surface area contributed by atoms with Gasteiger partial charge in [-0.25, -0.2) is 4.79 Å². The number of nitrogens with one attached hydrogen (secondary N) is 2. The van der Waals surface area contributed by atoms with E-state index in [1.807, 2.05) is 0 Å². The molecular weight excluding hydrogens is 266 g/mol. The van der Waals surface area contributed by atoms with Crippen LogP contribution in [0.4, 0.5) is 4.79 Å². The highest BCUT2D eigenvalue weighted by Gasteiger charge is 2.22. The first-order valence-electron chi connectivity index (χ1n) is 10.5. The van der Waals surface area contributed by atoms with Crippen molar-refractivity contribution in [1.82, 2.24) is 15.2 Å². The third-order valence-corrected chi connectivity index (χ3v) is 2.96. The predicted molar refractivity (Wildman–Crippen MR) is 82.5 cm³/mol. The van der Waals surface area contributed by atoms with E-state index in [0.29, 0.717) is 0 Å². The summed E-state index contributed by atoms with van der Waals surface area (Å²) in [4.78, 5) is 15.1. The first-order chi connectivity index (χ1) is 13.2. The Balaban J connectivity index is 2.22. The maximum absolute atomic E-state index is 11.3. The fraction of sp³-hybridized carbons (Fsp3) is 0.438. The number of rotatable bonds is 5. The highest BCUT2D eigenvalue weighted by molar-refractivity contribution is 5.84. The number of carbonyl (C=O) groups is 1. The first kappa shape index (κ1) is 7.31. The van der Waals surface area contributed by atoms with Gasteiger partial charge in [0.1, 0.15) is 6.61 Å². The predicted octanol–water partition coefficient (Wildman–Crippen LogP) is 1.92. The molecule has 0 radical (unpaired) electrons. The van der Waals surface area contributed by atoms with E-state index in [2.05, 4.69) is 10.3 Å². The van der Waals surface area contributed by atoms with E-state index < -0.39 is 25.0 Å². The number of carbonyl (C=O) groups excluding carboxylic acids is 1. The SMILES string of the molecule is [2H]c1c(C[C@@]2([2H])COC(=O)N2)c([2H])c2c(C([2H])([2H])C([2H])([2H])N(C)C)c[nH]c2c1[2H]. The number of nitrogens with zero attached hydrogens (tertiary/aromatic N) is 1. The molecule has 0 saturated carbocycles. The van der Waals surface area contributed by atoms with E-state index in [1.165, 1.54) is 20.3 Å². The zero-order valence-electron chi connectivity index (χ0n) is 19.8. The molecule has 21 heavy (non-hydrogen) atoms. The monoisotopic (exact) mass is 295 g/mol. The van der Waals surface area contributed by atoms with E-state index in [4.69, 9.17) is 15.7 Å². The molecule has 1 aliphatic rings. The molecule has 1 fully saturated rings. The molecule has 1 aliphatic heterocycles. The number of ether oxygens (including phenoxy) is 1. The van der Waals surface area contributed by atoms with Crippen LogP contribution in [0.3, 0.4) is 0 Å². The summed E-state index contributed by atoms with van der Waals surface area (Å²) in [7, 11) is 2.79. The lowest BCUT2D eigenvalue weighted by atomic mass is 10.0. The average molecular weight is 295 g/mol. The largest absolute Gasteiger partial charge is 0.447 e. The molecule has 1 amide bonds. The van der Waals surface area contributed by atoms with E-state index in [0.717, 1.165) is 4.90 Å². The van der Waals surface area contributed by atoms with E-state index >= 15 is 0 Å². The number of aromatic nitrogens is 1. The van der Waals surface area contributed by atoms with Crippen molar-refractivity contribution in [3.05, 3.63) is 35.5 Å². The number of aromatic amines is 1. The average Bonchev–Trinajstić information content (AvgIpc) is 3.21. The van der Waals surface area contributed by atoms with Crippen molar-refractivity contribution in [3.8, 4) is 0 Å². The minimum Gasteiger partial charge on any atom is -0.447 e. The van der Waals surface area contributed by atoms with Crippen LogP contribution in [0.5, 0.6) is 0 Å². The summed E-state index contributed by atoms with van der Waals surface area (Å²) in [6, 6.07) is -2.52. The molecule has 1 aromatic heterocycles. The van der Waals surface area contributed by atoms with Crippen molar-refractivity contribution in [3.63, 3.8) is 0 Å². The van der Waals surface area contributed by atoms with Crippen LogP contribution in [0.15, 0.2) is 24.3 Å². The first-order valence-corrected chi connectivity index (χ1v) is 6.45. The molecule has 0 spiro atoms. The van der Waals surface area contributed by atoms with Crippen molar-refractivity contribution >= 4 is 17.0 Å². The standard InChI is InChI=1S/C16H21N3O2/c1-19(2)6-5-12-9-17-15-4-3-11(8-14(12)15)7-13-10-21-16(20)18-13/h3-4,8-9,13,17H,5-7,10H2,1-2H3,(H,18,20)/t13-/m0/s1/i3D,4D,5D2,6D2,8D,13D. The smallest absolute Gasteiger partial charge is 0.407 e. The molecule has 3 rings (SSSR count). The summed E-state index contributed by atoms with van der Waals surface area (Å²) in [6.45, 7) is -2.72. The van der Waals surface area contributed by atoms with Crippen molar-refractivity contribution in [1.29, 1.82) is 0 Å². The molecule has 1 atom stereocenters. The molecule has 1 saturated heterocycles. The Morgan fingerprint density at radius 1 is 1.57 bits per heavy atom. The number of amides is 1. The number of hydrogen-bond donors (Lipinski definition) is 2. The van der Waals surface area contributed by atoms with Crippen molar-refractivity contribution in [2.24, 2.45) is 0 Å². The molecule has 2 aromatic rings. The third-order valence-electron chi connectivity index (χ3n) is 2.96. The van der Waals surface area contributed by atoms with Crippen LogP contribution in [0.1, 0.15) is 22.1 Å². The van der Waals surface area contributed by atoms with Gasteiger partial charge in [0, 0.05) is 29.1 Å². The Hall–Kier alpha value is -2.01. The van der Waals surface area contributed by atoms with E-state index in [9.17, 15) is 4.79 Å². The van der Waals surface area contributed by atoms with Crippen LogP contribution in [-0.4, -0.2) is 49.2 Å². The van der Waals surface area contributed by atoms with E-state index in [-0.39, 0.29) is 53.2 Å². The van der Waals surface area contributed by atoms with E-state index in [1.54, 1.807) is 0 Å². The van der Waals surface area contributed by atoms with Crippen LogP contribution >= 0.6 is 0 Å². The van der Waals surface area contributed by atoms with Crippen LogP contribution < -0.4 is 5.32 Å². The van der Waals surface area contributed by atoms with Crippen molar-refractivity contribution < 1.29 is 20.5 Å². The van der Waals surface area contributed by atoms with Gasteiger partial charge in [0.25, 0.3) is 0 Å². The molecule has 0 bridgehead atoms. The van der Waals surface area contributed by atoms with Gasteiger partial charge in [0.2, 0.25) is 0 Å². The van der Waals surface area contributed by atoms with Gasteiger partial charge in [0.15, 0.2) is 0 Å². The topological polar surface area (TPSA) is 57.4 Å². The number of aryl methyl sites for hydroxylation is 1. The Kier molecular flexibility index (Phi) is 2.01. The van der Waals surface area contributed by atoms with Gasteiger partial charge in [-0.3, -0.25) is 0 Å². The molecular formula is C16H21N3O2. The fourth-order valence-electron chi connectivity index (χ4n) is 2.01. The lowest BCUT2D eigenvalue weighted by Gasteiger charge is -2.09. The minimum absolute atomic E-state index is 0.0226. The summed E-state index contributed by atoms with van der Waals surface area (Å²) < 4.78 is 71.2. The highest BCUT2D eigenvalue weighted by Crippen LogP contribution is 2.21. The lowest BCUT2D eigenvalue weighted by molar-refractivity contribution is 0.177. The van der Waals surface area contributed by atoms with Crippen LogP contribution in [0, 0.1) is 0 Å². The summed E-state index contributed by atoms with van der Waals surface area (Å²) in [5, 5.41) is 2.29. The molecule has 1 aromatic carbocycles. The normalized spacial score (nSPS) is 28.6. The number of likely N-dealkylation sites (N-methyl/N-ethyl adjacent to an activating group) is 1. The van der Waals surface area contributed by atoms with Gasteiger partial charge in [-0.15, -0.1) is 0 Å². The summed E-state index contributed by atoms with van der Waals surface area (Å²) in [5.41, 5.74) is -0.134. The quantitative estimate of drug-likeness (QED) is 0.886. The molecule has 0 unspecified atom stereocenters. The number of alkyl carbamates (subject to hydrolysis) is 1. The second-order valence-corrected chi connectivity index (χ2v) is 4.92. The molecule has 5 nitrogen and oxygen atoms in total. The molecule has 112 valence electrons. The molecule has 5 heteroatoms. The zero-order valence-corrected chi connectivity index (χ0v) is 11.8. The molecule has 0 aliphatic carbocycles. The number of H-pyrrole nitrogens is 1. The Morgan fingerprint density at radius 3 is 3.14 bits per heavy atom. The third kappa shape index (κ3) is 3.19. The Bertz CT molecular complexity index is 990. The number of fused-ring (bicyclic) bond motifs is 1. The lowest BCUT2D eigenvalue weighted by Crippen LogP contribution is -2.28. The molecule has 2 N–H and O–H groups in total. The number of benzene rings is 1. The van der Waals surface area contributed by atoms with Crippen LogP contribution in [-0.2, 0) is 17.5 Å². The fourth-order valence-corrected chi connectivity index (χ4v) is 2.01. The summed E-state index contributed by atoms with van der Waals surface area (Å²) >= 11 is 0. The maximum Gasteiger partial charge on any atom is 0.407 e. The second kappa shape index (κ2) is 5.77. The number of hydrogen-bond acceptors (Lipinski definition) is 3. The minimum atomic E-state index is -2.55. The van der Waals surface area contributed by atoms with Gasteiger partial charge >= 0.3 is 6.09 Å². The van der Waals surface area contributed by atoms with Gasteiger partial charge in [-0.1, -0.05) is 6.04 Å². The zero-order chi connectivity index (χ0) is 21.9. The molecule has 2 heterocycles. The summed E-state index contributed by atoms with van der Waals surface area (Å²) in [5.74, 6) is 0. The van der Waals surface area contributed by atoms with Crippen molar-refractivity contribution in [2.45, 2.75) is 18.8 Å². The Labute approximate surface area is 135 Å². The van der Waals surface area contributed by atoms with Gasteiger partial charge in [-0.2, -0.15) is 0 Å². The van der Waals surface area contributed by atoms with Crippen LogP contribution in [0.25, 0.3) is 10.9 Å². The maximum atomic E-state index is 11.3. The van der Waals surface area contributed by atoms with Crippen molar-refractivity contribution in [2.75, 3.05) is 27.2 Å². The number of cyclic esters (lactones) is 1. The summed E-state index contributed by atoms with van der Waals surface area (Å²) in [6.07, 6.45) is -2.42. The highest BCUT2D eigenvalue weighted by atomic mass is 16.6. The van der Waals surface area contributed by atoms with Crippen LogP contribution in [0.2, 0.25) is 0 Å². The Morgan fingerprint density at radius 2 is 2.43 bits per heavy atom. The second-order valence-electron chi connectivity index (χ2n) is 4.92. The van der Waals surface area contributed by atoms with Gasteiger partial charge in [0.05, 0.1) is 11.5 Å².